The third-order valence-corrected chi connectivity index (χ3v) is 7.31. The van der Waals surface area contributed by atoms with Crippen molar-refractivity contribution in [2.24, 2.45) is 0 Å². The highest BCUT2D eigenvalue weighted by atomic mass is 19.4. The predicted molar refractivity (Wildman–Crippen MR) is 158 cm³/mol. The molecule has 2 aromatic heterocycles. The molecule has 1 fully saturated rings. The first kappa shape index (κ1) is 32.5. The number of nitrogens with one attached hydrogen (secondary N) is 1. The molecule has 0 spiro atoms. The van der Waals surface area contributed by atoms with Gasteiger partial charge in [-0.3, -0.25) is 4.79 Å². The van der Waals surface area contributed by atoms with E-state index in [1.807, 2.05) is 30.3 Å². The Morgan fingerprint density at radius 2 is 1.87 bits per heavy atom. The molecular formula is C31H33F3N6O6. The van der Waals surface area contributed by atoms with E-state index in [0.717, 1.165) is 16.4 Å². The van der Waals surface area contributed by atoms with Gasteiger partial charge in [0.15, 0.2) is 5.82 Å². The molecule has 1 saturated heterocycles. The number of ether oxygens (including phenoxy) is 3. The fourth-order valence-corrected chi connectivity index (χ4v) is 4.96. The maximum absolute atomic E-state index is 14.0. The lowest BCUT2D eigenvalue weighted by Crippen LogP contribution is -2.34. The Morgan fingerprint density at radius 3 is 2.59 bits per heavy atom. The molecule has 46 heavy (non-hydrogen) atoms. The van der Waals surface area contributed by atoms with Gasteiger partial charge in [0, 0.05) is 25.0 Å². The predicted octanol–water partition coefficient (Wildman–Crippen LogP) is 4.85. The van der Waals surface area contributed by atoms with Crippen molar-refractivity contribution in [1.82, 2.24) is 24.8 Å². The maximum atomic E-state index is 14.0. The van der Waals surface area contributed by atoms with E-state index < -0.39 is 35.1 Å². The van der Waals surface area contributed by atoms with Crippen LogP contribution < -0.4 is 15.6 Å². The second-order valence-electron chi connectivity index (χ2n) is 10.8. The minimum Gasteiger partial charge on any atom is -0.497 e. The lowest BCUT2D eigenvalue weighted by atomic mass is 10.1. The molecule has 0 aliphatic carbocycles. The van der Waals surface area contributed by atoms with E-state index in [2.05, 4.69) is 20.6 Å². The summed E-state index contributed by atoms with van der Waals surface area (Å²) >= 11 is 0. The van der Waals surface area contributed by atoms with Crippen molar-refractivity contribution in [1.29, 1.82) is 0 Å². The molecule has 0 saturated carbocycles. The van der Waals surface area contributed by atoms with Gasteiger partial charge in [0.2, 0.25) is 0 Å². The van der Waals surface area contributed by atoms with Gasteiger partial charge in [-0.05, 0) is 36.6 Å². The molecule has 3 heterocycles. The first-order chi connectivity index (χ1) is 22.1. The molecule has 1 aliphatic rings. The van der Waals surface area contributed by atoms with Gasteiger partial charge in [-0.15, -0.1) is 0 Å². The fraction of sp³-hybridized carbons (Fsp3) is 0.387. The van der Waals surface area contributed by atoms with E-state index in [0.29, 0.717) is 36.6 Å². The summed E-state index contributed by atoms with van der Waals surface area (Å²) in [5, 5.41) is 10.6. The monoisotopic (exact) mass is 642 g/mol. The summed E-state index contributed by atoms with van der Waals surface area (Å²) < 4.78 is 64.0. The van der Waals surface area contributed by atoms with Crippen LogP contribution in [0.4, 0.5) is 23.7 Å². The number of halogens is 3. The largest absolute Gasteiger partial charge is 0.497 e. The first-order valence-electron chi connectivity index (χ1n) is 14.5. The Balaban J connectivity index is 1.11. The second kappa shape index (κ2) is 14.5. The zero-order valence-electron chi connectivity index (χ0n) is 25.2. The van der Waals surface area contributed by atoms with E-state index in [1.165, 1.54) is 7.11 Å². The average Bonchev–Trinajstić information content (AvgIpc) is 3.72. The number of alkyl halides is 3. The van der Waals surface area contributed by atoms with Crippen LogP contribution in [-0.4, -0.2) is 63.8 Å². The summed E-state index contributed by atoms with van der Waals surface area (Å²) in [6.45, 7) is 2.39. The number of carbonyl (C=O) groups is 1. The summed E-state index contributed by atoms with van der Waals surface area (Å²) in [6.07, 6.45) is -3.72. The van der Waals surface area contributed by atoms with Crippen molar-refractivity contribution in [3.8, 4) is 5.75 Å². The van der Waals surface area contributed by atoms with Gasteiger partial charge in [-0.25, -0.2) is 9.48 Å². The summed E-state index contributed by atoms with van der Waals surface area (Å²) in [6, 6.07) is 15.3. The van der Waals surface area contributed by atoms with Crippen molar-refractivity contribution < 1.29 is 36.7 Å². The molecule has 5 rings (SSSR count). The minimum atomic E-state index is -4.92. The second-order valence-corrected chi connectivity index (χ2v) is 10.8. The maximum Gasteiger partial charge on any atom is 0.423 e. The number of nitrogens with zero attached hydrogens (tertiary/aromatic N) is 5. The summed E-state index contributed by atoms with van der Waals surface area (Å²) in [7, 11) is 1.50. The van der Waals surface area contributed by atoms with E-state index in [1.54, 1.807) is 36.1 Å². The Morgan fingerprint density at radius 1 is 1.11 bits per heavy atom. The van der Waals surface area contributed by atoms with Crippen molar-refractivity contribution >= 4 is 11.8 Å². The Bertz CT molecular complexity index is 1660. The van der Waals surface area contributed by atoms with Crippen molar-refractivity contribution in [2.75, 3.05) is 32.1 Å². The number of hydrogen-bond acceptors (Lipinski definition) is 10. The van der Waals surface area contributed by atoms with E-state index >= 15 is 0 Å². The summed E-state index contributed by atoms with van der Waals surface area (Å²) in [5.74, 6) is 1.06. The van der Waals surface area contributed by atoms with E-state index in [4.69, 9.17) is 18.7 Å². The third-order valence-electron chi connectivity index (χ3n) is 7.31. The van der Waals surface area contributed by atoms with Gasteiger partial charge >= 0.3 is 12.3 Å². The summed E-state index contributed by atoms with van der Waals surface area (Å²) in [5.41, 5.74) is -1.59. The zero-order chi connectivity index (χ0) is 32.7. The van der Waals surface area contributed by atoms with Gasteiger partial charge in [-0.2, -0.15) is 23.3 Å². The number of benzene rings is 2. The number of aromatic nitrogens is 4. The molecule has 0 radical (unpaired) electrons. The third kappa shape index (κ3) is 8.21. The smallest absolute Gasteiger partial charge is 0.423 e. The average molecular weight is 643 g/mol. The van der Waals surface area contributed by atoms with Crippen LogP contribution in [-0.2, 0) is 35.4 Å². The molecule has 1 aliphatic heterocycles. The normalized spacial score (nSPS) is 15.5. The molecule has 2 atom stereocenters. The van der Waals surface area contributed by atoms with Crippen molar-refractivity contribution in [3.63, 3.8) is 0 Å². The molecule has 2 aromatic carbocycles. The minimum absolute atomic E-state index is 0.0333. The van der Waals surface area contributed by atoms with Crippen LogP contribution in [0.25, 0.3) is 0 Å². The number of methoxy groups -OCH3 is 1. The van der Waals surface area contributed by atoms with Crippen LogP contribution in [0, 0.1) is 0 Å². The lowest BCUT2D eigenvalue weighted by Gasteiger charge is -2.19. The van der Waals surface area contributed by atoms with E-state index in [-0.39, 0.29) is 38.2 Å². The molecule has 2 unspecified atom stereocenters. The number of carbonyl (C=O) groups excluding carboxylic acids is 1. The first-order valence-corrected chi connectivity index (χ1v) is 14.5. The van der Waals surface area contributed by atoms with Gasteiger partial charge < -0.3 is 29.0 Å². The molecule has 244 valence electrons. The molecule has 1 N–H and O–H groups in total. The van der Waals surface area contributed by atoms with Crippen molar-refractivity contribution in [3.05, 3.63) is 99.6 Å². The SMILES string of the molecule is COc1ccc(Cn2ncc(NC(C)COCc3nc(C4CCN(C(=O)OCc5ccccc5)C4)no3)c(C(F)(F)F)c2=O)cc1. The molecular weight excluding hydrogens is 609 g/mol. The number of anilines is 1. The van der Waals surface area contributed by atoms with Crippen LogP contribution in [0.3, 0.4) is 0 Å². The Kier molecular flexibility index (Phi) is 10.2. The van der Waals surface area contributed by atoms with Crippen LogP contribution in [0.1, 0.15) is 47.7 Å². The van der Waals surface area contributed by atoms with Crippen molar-refractivity contribution in [2.45, 2.75) is 51.2 Å². The quantitative estimate of drug-likeness (QED) is 0.229. The van der Waals surface area contributed by atoms with Crippen LogP contribution in [0.15, 0.2) is 70.1 Å². The van der Waals surface area contributed by atoms with Gasteiger partial charge in [-0.1, -0.05) is 47.6 Å². The van der Waals surface area contributed by atoms with Crippen LogP contribution >= 0.6 is 0 Å². The van der Waals surface area contributed by atoms with Crippen LogP contribution in [0.2, 0.25) is 0 Å². The van der Waals surface area contributed by atoms with Gasteiger partial charge in [0.05, 0.1) is 32.1 Å². The van der Waals surface area contributed by atoms with Crippen LogP contribution in [0.5, 0.6) is 5.75 Å². The van der Waals surface area contributed by atoms with Gasteiger partial charge in [0.1, 0.15) is 24.5 Å². The number of amides is 1. The summed E-state index contributed by atoms with van der Waals surface area (Å²) in [4.78, 5) is 31.3. The molecule has 1 amide bonds. The topological polar surface area (TPSA) is 134 Å². The molecule has 15 heteroatoms. The molecule has 4 aromatic rings. The molecule has 12 nitrogen and oxygen atoms in total. The Hall–Kier alpha value is -4.92. The fourth-order valence-electron chi connectivity index (χ4n) is 4.96. The highest BCUT2D eigenvalue weighted by Crippen LogP contribution is 2.32. The number of likely N-dealkylation sites (tertiary alicyclic amines) is 1. The standard InChI is InChI=1S/C31H33F3N6O6/c1-20(36-25-14-35-40(29(41)27(25)31(32,33)34)15-21-8-10-24(43-2)11-9-21)17-44-19-26-37-28(38-46-26)23-12-13-39(16-23)30(42)45-18-22-6-4-3-5-7-22/h3-11,14,20,23,36H,12-13,15-19H2,1-2H3. The van der Waals surface area contributed by atoms with Gasteiger partial charge in [0.25, 0.3) is 11.4 Å². The highest BCUT2D eigenvalue weighted by Gasteiger charge is 2.38. The lowest BCUT2D eigenvalue weighted by molar-refractivity contribution is -0.138. The van der Waals surface area contributed by atoms with E-state index in [9.17, 15) is 22.8 Å². The zero-order valence-corrected chi connectivity index (χ0v) is 25.2. The highest BCUT2D eigenvalue weighted by molar-refractivity contribution is 5.68. The number of hydrogen-bond donors (Lipinski definition) is 1. The molecule has 0 bridgehead atoms. The Labute approximate surface area is 262 Å². The number of rotatable bonds is 12.